The van der Waals surface area contributed by atoms with E-state index in [-0.39, 0.29) is 5.41 Å². The molecule has 0 aromatic carbocycles. The summed E-state index contributed by atoms with van der Waals surface area (Å²) in [5.41, 5.74) is 1.14. The summed E-state index contributed by atoms with van der Waals surface area (Å²) in [5.74, 6) is 1.07. The summed E-state index contributed by atoms with van der Waals surface area (Å²) in [6.07, 6.45) is 9.32. The van der Waals surface area contributed by atoms with E-state index in [0.717, 1.165) is 64.8 Å². The zero-order chi connectivity index (χ0) is 17.0. The molecule has 3 rings (SSSR count). The van der Waals surface area contributed by atoms with Crippen LogP contribution in [0.25, 0.3) is 0 Å². The number of carbonyl (C=O) groups is 1. The topological polar surface area (TPSA) is 36.4 Å². The van der Waals surface area contributed by atoms with Gasteiger partial charge >= 0.3 is 0 Å². The highest BCUT2D eigenvalue weighted by atomic mass is 16.2. The normalized spacial score (nSPS) is 26.5. The molecule has 4 heteroatoms. The third kappa shape index (κ3) is 3.97. The van der Waals surface area contributed by atoms with Crippen LogP contribution in [0.1, 0.15) is 45.1 Å². The van der Waals surface area contributed by atoms with Crippen molar-refractivity contribution in [3.05, 3.63) is 30.1 Å². The predicted octanol–water partition coefficient (Wildman–Crippen LogP) is 2.98. The smallest absolute Gasteiger partial charge is 0.229 e. The number of likely N-dealkylation sites (tertiary alicyclic amines) is 2. The Hall–Kier alpha value is -1.42. The molecule has 2 fully saturated rings. The van der Waals surface area contributed by atoms with Crippen molar-refractivity contribution in [2.75, 3.05) is 32.7 Å². The number of hydrogen-bond acceptors (Lipinski definition) is 3. The van der Waals surface area contributed by atoms with Gasteiger partial charge in [-0.2, -0.15) is 0 Å². The first-order chi connectivity index (χ1) is 11.6. The summed E-state index contributed by atoms with van der Waals surface area (Å²) in [6.45, 7) is 9.34. The molecule has 132 valence electrons. The molecule has 4 nitrogen and oxygen atoms in total. The number of carbonyl (C=O) groups excluding carboxylic acids is 1. The molecule has 0 N–H and O–H groups in total. The van der Waals surface area contributed by atoms with Crippen LogP contribution in [0, 0.1) is 11.3 Å². The summed E-state index contributed by atoms with van der Waals surface area (Å²) >= 11 is 0. The number of piperidine rings is 2. The predicted molar refractivity (Wildman–Crippen MR) is 96.7 cm³/mol. The molecule has 2 aliphatic heterocycles. The van der Waals surface area contributed by atoms with Gasteiger partial charge in [-0.25, -0.2) is 0 Å². The van der Waals surface area contributed by atoms with Gasteiger partial charge in [-0.05, 0) is 69.7 Å². The van der Waals surface area contributed by atoms with Crippen molar-refractivity contribution in [2.24, 2.45) is 11.3 Å². The quantitative estimate of drug-likeness (QED) is 0.852. The molecule has 2 saturated heterocycles. The molecule has 0 spiro atoms. The van der Waals surface area contributed by atoms with Crippen LogP contribution < -0.4 is 0 Å². The van der Waals surface area contributed by atoms with Crippen molar-refractivity contribution in [2.45, 2.75) is 46.0 Å². The van der Waals surface area contributed by atoms with Crippen LogP contribution >= 0.6 is 0 Å². The second kappa shape index (κ2) is 7.64. The molecular formula is C20H31N3O. The molecule has 0 unspecified atom stereocenters. The van der Waals surface area contributed by atoms with Crippen molar-refractivity contribution in [1.82, 2.24) is 14.8 Å². The van der Waals surface area contributed by atoms with Crippen molar-refractivity contribution >= 4 is 5.91 Å². The number of amides is 1. The molecular weight excluding hydrogens is 298 g/mol. The van der Waals surface area contributed by atoms with E-state index in [2.05, 4.69) is 34.7 Å². The molecule has 0 bridgehead atoms. The van der Waals surface area contributed by atoms with Gasteiger partial charge in [0.2, 0.25) is 5.91 Å². The number of pyridine rings is 1. The van der Waals surface area contributed by atoms with Gasteiger partial charge in [0.15, 0.2) is 0 Å². The summed E-state index contributed by atoms with van der Waals surface area (Å²) in [5, 5.41) is 0. The van der Waals surface area contributed by atoms with E-state index in [1.165, 1.54) is 5.56 Å². The van der Waals surface area contributed by atoms with Gasteiger partial charge in [0.25, 0.3) is 0 Å². The van der Waals surface area contributed by atoms with Crippen LogP contribution in [0.15, 0.2) is 24.5 Å². The highest BCUT2D eigenvalue weighted by Crippen LogP contribution is 2.33. The third-order valence-corrected chi connectivity index (χ3v) is 5.89. The van der Waals surface area contributed by atoms with E-state index in [4.69, 9.17) is 0 Å². The Morgan fingerprint density at radius 2 is 2.12 bits per heavy atom. The molecule has 0 aliphatic carbocycles. The zero-order valence-electron chi connectivity index (χ0n) is 15.2. The van der Waals surface area contributed by atoms with Gasteiger partial charge in [0.05, 0.1) is 5.41 Å². The maximum absolute atomic E-state index is 13.1. The van der Waals surface area contributed by atoms with E-state index < -0.39 is 0 Å². The fraction of sp³-hybridized carbons (Fsp3) is 0.700. The lowest BCUT2D eigenvalue weighted by molar-refractivity contribution is -0.145. The molecule has 1 atom stereocenters. The molecule has 1 aromatic rings. The Balaban J connectivity index is 1.53. The first kappa shape index (κ1) is 17.4. The van der Waals surface area contributed by atoms with Gasteiger partial charge < -0.3 is 9.80 Å². The lowest BCUT2D eigenvalue weighted by atomic mass is 9.79. The highest BCUT2D eigenvalue weighted by Gasteiger charge is 2.40. The van der Waals surface area contributed by atoms with Gasteiger partial charge in [-0.15, -0.1) is 0 Å². The van der Waals surface area contributed by atoms with Gasteiger partial charge in [-0.3, -0.25) is 9.78 Å². The van der Waals surface area contributed by atoms with E-state index in [0.29, 0.717) is 11.8 Å². The first-order valence-corrected chi connectivity index (χ1v) is 9.51. The maximum atomic E-state index is 13.1. The summed E-state index contributed by atoms with van der Waals surface area (Å²) in [7, 11) is 0. The average molecular weight is 329 g/mol. The molecule has 1 amide bonds. The minimum atomic E-state index is -0.176. The standard InChI is InChI=1S/C20H31N3O/c1-3-22-11-5-9-20(2,16-22)19(24)23-12-7-17(8-13-23)14-18-6-4-10-21-15-18/h4,6,10,15,17H,3,5,7-9,11-14,16H2,1-2H3/t20-/m0/s1. The lowest BCUT2D eigenvalue weighted by Gasteiger charge is -2.43. The van der Waals surface area contributed by atoms with E-state index >= 15 is 0 Å². The fourth-order valence-corrected chi connectivity index (χ4v) is 4.36. The Kier molecular flexibility index (Phi) is 5.54. The molecule has 24 heavy (non-hydrogen) atoms. The Morgan fingerprint density at radius 1 is 1.33 bits per heavy atom. The van der Waals surface area contributed by atoms with Gasteiger partial charge in [-0.1, -0.05) is 13.0 Å². The van der Waals surface area contributed by atoms with Crippen LogP contribution in [0.5, 0.6) is 0 Å². The third-order valence-electron chi connectivity index (χ3n) is 5.89. The van der Waals surface area contributed by atoms with Crippen LogP contribution in [-0.2, 0) is 11.2 Å². The van der Waals surface area contributed by atoms with Gasteiger partial charge in [0, 0.05) is 32.0 Å². The second-order valence-electron chi connectivity index (χ2n) is 7.83. The number of hydrogen-bond donors (Lipinski definition) is 0. The molecule has 2 aliphatic rings. The van der Waals surface area contributed by atoms with Crippen molar-refractivity contribution in [3.63, 3.8) is 0 Å². The largest absolute Gasteiger partial charge is 0.342 e. The monoisotopic (exact) mass is 329 g/mol. The Bertz CT molecular complexity index is 539. The maximum Gasteiger partial charge on any atom is 0.229 e. The molecule has 1 aromatic heterocycles. The Morgan fingerprint density at radius 3 is 2.79 bits per heavy atom. The minimum absolute atomic E-state index is 0.176. The number of rotatable bonds is 4. The zero-order valence-corrected chi connectivity index (χ0v) is 15.2. The van der Waals surface area contributed by atoms with Crippen LogP contribution in [-0.4, -0.2) is 53.4 Å². The molecule has 0 saturated carbocycles. The van der Waals surface area contributed by atoms with Crippen LogP contribution in [0.2, 0.25) is 0 Å². The van der Waals surface area contributed by atoms with Crippen LogP contribution in [0.3, 0.4) is 0 Å². The number of aromatic nitrogens is 1. The SMILES string of the molecule is CCN1CCC[C@](C)(C(=O)N2CCC(Cc3cccnc3)CC2)C1. The summed E-state index contributed by atoms with van der Waals surface area (Å²) in [6, 6.07) is 4.17. The van der Waals surface area contributed by atoms with E-state index in [9.17, 15) is 4.79 Å². The molecule has 3 heterocycles. The van der Waals surface area contributed by atoms with Crippen molar-refractivity contribution < 1.29 is 4.79 Å². The Labute approximate surface area is 146 Å². The second-order valence-corrected chi connectivity index (χ2v) is 7.83. The summed E-state index contributed by atoms with van der Waals surface area (Å²) < 4.78 is 0. The minimum Gasteiger partial charge on any atom is -0.342 e. The van der Waals surface area contributed by atoms with Crippen molar-refractivity contribution in [3.8, 4) is 0 Å². The van der Waals surface area contributed by atoms with Gasteiger partial charge in [0.1, 0.15) is 0 Å². The summed E-state index contributed by atoms with van der Waals surface area (Å²) in [4.78, 5) is 21.9. The molecule has 0 radical (unpaired) electrons. The highest BCUT2D eigenvalue weighted by molar-refractivity contribution is 5.82. The van der Waals surface area contributed by atoms with Crippen molar-refractivity contribution in [1.29, 1.82) is 0 Å². The van der Waals surface area contributed by atoms with Crippen LogP contribution in [0.4, 0.5) is 0 Å². The van der Waals surface area contributed by atoms with E-state index in [1.807, 2.05) is 18.5 Å². The number of nitrogens with zero attached hydrogens (tertiary/aromatic N) is 3. The van der Waals surface area contributed by atoms with E-state index in [1.54, 1.807) is 0 Å². The first-order valence-electron chi connectivity index (χ1n) is 9.51. The fourth-order valence-electron chi connectivity index (χ4n) is 4.36. The average Bonchev–Trinajstić information content (AvgIpc) is 2.62. The lowest BCUT2D eigenvalue weighted by Crippen LogP contribution is -2.53.